The standard InChI is InChI=1S/C24H55NO8Si2/c1-12-14-16-18-22(34(26-6,27-7)28-8)32-20(3)24(5,25)21(4)33-23(19-17-15-13-2)35(29-9,30-10)31-11/h20-23H,12-19,25H2,1-11H3. The minimum atomic E-state index is -3.05. The molecule has 4 unspecified atom stereocenters. The van der Waals surface area contributed by atoms with Crippen LogP contribution in [0.15, 0.2) is 0 Å². The molecule has 11 heteroatoms. The molecule has 0 rings (SSSR count). The monoisotopic (exact) mass is 541 g/mol. The fourth-order valence-corrected chi connectivity index (χ4v) is 8.66. The van der Waals surface area contributed by atoms with Gasteiger partial charge in [0.1, 0.15) is 11.5 Å². The Labute approximate surface area is 217 Å². The number of nitrogens with two attached hydrogens (primary N) is 1. The zero-order chi connectivity index (χ0) is 27.1. The van der Waals surface area contributed by atoms with Crippen LogP contribution in [0, 0.1) is 0 Å². The summed E-state index contributed by atoms with van der Waals surface area (Å²) < 4.78 is 47.7. The summed E-state index contributed by atoms with van der Waals surface area (Å²) in [7, 11) is 3.57. The Bertz CT molecular complexity index is 475. The highest BCUT2D eigenvalue weighted by molar-refractivity contribution is 6.62. The van der Waals surface area contributed by atoms with E-state index in [0.29, 0.717) is 0 Å². The van der Waals surface area contributed by atoms with E-state index < -0.39 is 23.1 Å². The Balaban J connectivity index is 5.77. The molecule has 0 saturated heterocycles. The van der Waals surface area contributed by atoms with Gasteiger partial charge in [-0.05, 0) is 33.6 Å². The van der Waals surface area contributed by atoms with Gasteiger partial charge >= 0.3 is 17.6 Å². The van der Waals surface area contributed by atoms with Crippen molar-refractivity contribution >= 4 is 17.6 Å². The van der Waals surface area contributed by atoms with Crippen LogP contribution in [0.3, 0.4) is 0 Å². The molecule has 0 heterocycles. The summed E-state index contributed by atoms with van der Waals surface area (Å²) in [5, 5.41) is 0. The maximum Gasteiger partial charge on any atom is 0.530 e. The van der Waals surface area contributed by atoms with Crippen molar-refractivity contribution in [2.75, 3.05) is 42.7 Å². The number of rotatable bonds is 22. The van der Waals surface area contributed by atoms with Crippen molar-refractivity contribution in [2.45, 2.75) is 115 Å². The quantitative estimate of drug-likeness (QED) is 0.159. The lowest BCUT2D eigenvalue weighted by Crippen LogP contribution is -2.64. The summed E-state index contributed by atoms with van der Waals surface area (Å²) >= 11 is 0. The van der Waals surface area contributed by atoms with Crippen LogP contribution in [-0.4, -0.2) is 89.5 Å². The van der Waals surface area contributed by atoms with Gasteiger partial charge in [-0.1, -0.05) is 52.4 Å². The average Bonchev–Trinajstić information content (AvgIpc) is 2.86. The summed E-state index contributed by atoms with van der Waals surface area (Å²) in [6, 6.07) is 0. The van der Waals surface area contributed by atoms with Crippen LogP contribution in [0.1, 0.15) is 86.0 Å². The van der Waals surface area contributed by atoms with Crippen LogP contribution in [-0.2, 0) is 36.0 Å². The predicted molar refractivity (Wildman–Crippen MR) is 143 cm³/mol. The van der Waals surface area contributed by atoms with E-state index in [1.807, 2.05) is 20.8 Å². The Morgan fingerprint density at radius 2 is 0.886 bits per heavy atom. The van der Waals surface area contributed by atoms with E-state index in [9.17, 15) is 0 Å². The zero-order valence-electron chi connectivity index (χ0n) is 24.3. The fraction of sp³-hybridized carbons (Fsp3) is 1.00. The molecule has 35 heavy (non-hydrogen) atoms. The Hall–Kier alpha value is 0.0738. The molecule has 0 aliphatic heterocycles. The number of hydrogen-bond donors (Lipinski definition) is 1. The van der Waals surface area contributed by atoms with Gasteiger partial charge in [0, 0.05) is 42.7 Å². The molecule has 0 aromatic rings. The highest BCUT2D eigenvalue weighted by atomic mass is 28.4. The van der Waals surface area contributed by atoms with Crippen molar-refractivity contribution in [3.05, 3.63) is 0 Å². The van der Waals surface area contributed by atoms with E-state index in [1.165, 1.54) is 0 Å². The highest BCUT2D eigenvalue weighted by Crippen LogP contribution is 2.29. The second kappa shape index (κ2) is 17.6. The summed E-state index contributed by atoms with van der Waals surface area (Å²) in [6.45, 7) is 10.2. The second-order valence-corrected chi connectivity index (χ2v) is 15.5. The summed E-state index contributed by atoms with van der Waals surface area (Å²) in [6.07, 6.45) is 7.12. The van der Waals surface area contributed by atoms with Crippen LogP contribution in [0.5, 0.6) is 0 Å². The first-order valence-electron chi connectivity index (χ1n) is 12.9. The minimum absolute atomic E-state index is 0.343. The summed E-state index contributed by atoms with van der Waals surface area (Å²) in [5.41, 5.74) is 5.36. The van der Waals surface area contributed by atoms with Crippen molar-refractivity contribution in [1.82, 2.24) is 0 Å². The van der Waals surface area contributed by atoms with E-state index in [-0.39, 0.29) is 23.7 Å². The van der Waals surface area contributed by atoms with E-state index in [1.54, 1.807) is 42.7 Å². The molecule has 0 aliphatic rings. The largest absolute Gasteiger partial charge is 0.530 e. The lowest BCUT2D eigenvalue weighted by Gasteiger charge is -2.43. The molecular weight excluding hydrogens is 486 g/mol. The maximum absolute atomic E-state index is 6.88. The lowest BCUT2D eigenvalue weighted by molar-refractivity contribution is -0.108. The van der Waals surface area contributed by atoms with Gasteiger partial charge in [-0.2, -0.15) is 0 Å². The third kappa shape index (κ3) is 9.71. The molecule has 0 aromatic carbocycles. The van der Waals surface area contributed by atoms with Gasteiger partial charge in [0.2, 0.25) is 0 Å². The molecule has 212 valence electrons. The molecular formula is C24H55NO8Si2. The lowest BCUT2D eigenvalue weighted by atomic mass is 9.91. The molecule has 4 atom stereocenters. The van der Waals surface area contributed by atoms with E-state index in [4.69, 9.17) is 41.8 Å². The fourth-order valence-electron chi connectivity index (χ4n) is 4.22. The van der Waals surface area contributed by atoms with Gasteiger partial charge in [0.15, 0.2) is 0 Å². The van der Waals surface area contributed by atoms with Crippen LogP contribution >= 0.6 is 0 Å². The summed E-state index contributed by atoms with van der Waals surface area (Å²) in [5.74, 6) is 0. The zero-order valence-corrected chi connectivity index (χ0v) is 26.3. The van der Waals surface area contributed by atoms with Crippen molar-refractivity contribution in [2.24, 2.45) is 5.73 Å². The molecule has 0 spiro atoms. The first-order chi connectivity index (χ1) is 16.5. The van der Waals surface area contributed by atoms with Crippen molar-refractivity contribution in [3.63, 3.8) is 0 Å². The van der Waals surface area contributed by atoms with Gasteiger partial charge in [-0.25, -0.2) is 0 Å². The SMILES string of the molecule is CCCCCC(OC(C)C(C)(N)C(C)OC(CCCCC)[Si](OC)(OC)OC)[Si](OC)(OC)OC. The molecule has 0 radical (unpaired) electrons. The molecule has 9 nitrogen and oxygen atoms in total. The predicted octanol–water partition coefficient (Wildman–Crippen LogP) is 4.25. The molecule has 0 amide bonds. The molecule has 0 aromatic heterocycles. The Morgan fingerprint density at radius 3 is 1.11 bits per heavy atom. The third-order valence-electron chi connectivity index (χ3n) is 7.12. The maximum atomic E-state index is 6.88. The third-order valence-corrected chi connectivity index (χ3v) is 13.0. The Morgan fingerprint density at radius 1 is 0.600 bits per heavy atom. The number of ether oxygens (including phenoxy) is 2. The molecule has 0 aliphatic carbocycles. The normalized spacial score (nSPS) is 18.2. The van der Waals surface area contributed by atoms with E-state index >= 15 is 0 Å². The van der Waals surface area contributed by atoms with Crippen LogP contribution in [0.2, 0.25) is 0 Å². The van der Waals surface area contributed by atoms with Gasteiger partial charge in [-0.3, -0.25) is 0 Å². The molecule has 0 saturated carbocycles. The highest BCUT2D eigenvalue weighted by Gasteiger charge is 2.53. The van der Waals surface area contributed by atoms with Gasteiger partial charge in [0.05, 0.1) is 17.7 Å². The van der Waals surface area contributed by atoms with Crippen LogP contribution in [0.4, 0.5) is 0 Å². The van der Waals surface area contributed by atoms with Crippen molar-refractivity contribution in [3.8, 4) is 0 Å². The Kier molecular flexibility index (Phi) is 17.6. The second-order valence-electron chi connectivity index (χ2n) is 9.32. The van der Waals surface area contributed by atoms with Gasteiger partial charge < -0.3 is 41.8 Å². The minimum Gasteiger partial charge on any atom is -0.375 e. The van der Waals surface area contributed by atoms with Crippen molar-refractivity contribution in [1.29, 1.82) is 0 Å². The van der Waals surface area contributed by atoms with E-state index in [0.717, 1.165) is 51.4 Å². The number of hydrogen-bond acceptors (Lipinski definition) is 9. The average molecular weight is 542 g/mol. The van der Waals surface area contributed by atoms with Crippen LogP contribution in [0.25, 0.3) is 0 Å². The van der Waals surface area contributed by atoms with Gasteiger partial charge in [0.25, 0.3) is 0 Å². The summed E-state index contributed by atoms with van der Waals surface area (Å²) in [4.78, 5) is 0. The van der Waals surface area contributed by atoms with Crippen molar-refractivity contribution < 1.29 is 36.0 Å². The first-order valence-corrected chi connectivity index (χ1v) is 16.6. The first kappa shape index (κ1) is 35.1. The molecule has 0 bridgehead atoms. The van der Waals surface area contributed by atoms with Gasteiger partial charge in [-0.15, -0.1) is 0 Å². The van der Waals surface area contributed by atoms with Crippen LogP contribution < -0.4 is 5.73 Å². The number of unbranched alkanes of at least 4 members (excludes halogenated alkanes) is 4. The smallest absolute Gasteiger partial charge is 0.375 e. The topological polar surface area (TPSA) is 99.9 Å². The molecule has 2 N–H and O–H groups in total. The van der Waals surface area contributed by atoms with E-state index in [2.05, 4.69) is 13.8 Å². The molecule has 0 fully saturated rings.